The minimum absolute atomic E-state index is 0. The van der Waals surface area contributed by atoms with Crippen molar-refractivity contribution < 1.29 is 25.2 Å². The van der Waals surface area contributed by atoms with Crippen LogP contribution in [0.15, 0.2) is 146 Å². The van der Waals surface area contributed by atoms with Gasteiger partial charge in [-0.2, -0.15) is 0 Å². The van der Waals surface area contributed by atoms with Gasteiger partial charge in [-0.25, -0.2) is 9.97 Å². The summed E-state index contributed by atoms with van der Waals surface area (Å²) in [6.45, 7) is -2.31. The van der Waals surface area contributed by atoms with Crippen molar-refractivity contribution in [2.24, 2.45) is 0 Å². The minimum atomic E-state index is -2.31. The Kier molecular flexibility index (Phi) is 6.12. The van der Waals surface area contributed by atoms with E-state index < -0.39 is 6.85 Å². The van der Waals surface area contributed by atoms with Gasteiger partial charge in [-0.05, 0) is 70.5 Å². The standard InChI is InChI=1S/C43H27N5.Pt/c1-27-21-23-34(42-40(27)33-15-5-7-17-35(33)45-42)43-46-41-30(16-11-19-37(41)47(43)29-12-3-2-4-13-29)28-22-24-32-31-14-6-8-18-36(31)48(38(32)26-28)39-20-9-10-25-44-39;/h2-25H,1H3;/q-2;+2/i1D3;. The van der Waals surface area contributed by atoms with Gasteiger partial charge in [0.05, 0.1) is 11.0 Å². The van der Waals surface area contributed by atoms with Crippen LogP contribution in [0.2, 0.25) is 0 Å². The maximum atomic E-state index is 8.37. The Morgan fingerprint density at radius 3 is 2.31 bits per heavy atom. The van der Waals surface area contributed by atoms with E-state index in [0.29, 0.717) is 16.7 Å². The van der Waals surface area contributed by atoms with Crippen molar-refractivity contribution in [2.45, 2.75) is 6.85 Å². The zero-order valence-electron chi connectivity index (χ0n) is 28.9. The van der Waals surface area contributed by atoms with E-state index in [2.05, 4.69) is 75.9 Å². The van der Waals surface area contributed by atoms with E-state index in [-0.39, 0.29) is 26.6 Å². The molecule has 0 N–H and O–H groups in total. The van der Waals surface area contributed by atoms with Crippen LogP contribution in [0.25, 0.3) is 88.7 Å². The number of aromatic nitrogens is 5. The molecule has 0 saturated heterocycles. The van der Waals surface area contributed by atoms with Crippen molar-refractivity contribution in [3.63, 3.8) is 0 Å². The molecule has 0 fully saturated rings. The zero-order chi connectivity index (χ0) is 34.3. The van der Waals surface area contributed by atoms with Crippen LogP contribution in [0, 0.1) is 12.9 Å². The minimum Gasteiger partial charge on any atom is -0.656 e. The molecule has 10 rings (SSSR count). The van der Waals surface area contributed by atoms with Crippen molar-refractivity contribution in [3.8, 4) is 34.0 Å². The maximum Gasteiger partial charge on any atom is 2.00 e. The Balaban J connectivity index is 0.00000360. The SMILES string of the molecule is [2H]C([2H])([2H])c1ccc(-c2nc3c(-c4[c-]c5c(cc4)c4ccccc4n5-c4ccccn4)cccc3n2-c2ccccc2)c2[n-]c3ccccc3c12.[Pt+2]. The number of aryl methyl sites for hydroxylation is 1. The average molecular weight is 812 g/mol. The molecule has 6 heteroatoms. The van der Waals surface area contributed by atoms with E-state index in [9.17, 15) is 0 Å². The number of benzene rings is 6. The van der Waals surface area contributed by atoms with Gasteiger partial charge in [-0.1, -0.05) is 102 Å². The number of fused-ring (bicyclic) bond motifs is 7. The maximum absolute atomic E-state index is 8.37. The summed E-state index contributed by atoms with van der Waals surface area (Å²) >= 11 is 0. The third kappa shape index (κ3) is 4.43. The molecule has 0 spiro atoms. The van der Waals surface area contributed by atoms with Crippen LogP contribution in [0.1, 0.15) is 9.68 Å². The molecule has 0 saturated carbocycles. The Morgan fingerprint density at radius 2 is 1.45 bits per heavy atom. The van der Waals surface area contributed by atoms with Gasteiger partial charge in [0.25, 0.3) is 0 Å². The average Bonchev–Trinajstić information content (AvgIpc) is 3.84. The predicted octanol–water partition coefficient (Wildman–Crippen LogP) is 10.2. The smallest absolute Gasteiger partial charge is 0.656 e. The second-order valence-corrected chi connectivity index (χ2v) is 12.0. The number of pyridine rings is 1. The molecule has 5 nitrogen and oxygen atoms in total. The summed E-state index contributed by atoms with van der Waals surface area (Å²) in [7, 11) is 0. The van der Waals surface area contributed by atoms with E-state index in [1.54, 1.807) is 6.07 Å². The number of hydrogen-bond acceptors (Lipinski definition) is 2. The molecule has 0 unspecified atom stereocenters. The van der Waals surface area contributed by atoms with Gasteiger partial charge in [0, 0.05) is 27.1 Å². The number of imidazole rings is 1. The molecule has 0 aliphatic heterocycles. The molecule has 0 amide bonds. The van der Waals surface area contributed by atoms with Gasteiger partial charge >= 0.3 is 21.1 Å². The first-order valence-corrected chi connectivity index (χ1v) is 15.9. The van der Waals surface area contributed by atoms with E-state index in [1.807, 2.05) is 79.0 Å². The van der Waals surface area contributed by atoms with Crippen molar-refractivity contribution in [3.05, 3.63) is 157 Å². The predicted molar refractivity (Wildman–Crippen MR) is 196 cm³/mol. The van der Waals surface area contributed by atoms with Gasteiger partial charge < -0.3 is 9.55 Å². The molecule has 234 valence electrons. The molecule has 10 aromatic rings. The van der Waals surface area contributed by atoms with Gasteiger partial charge in [0.15, 0.2) is 0 Å². The van der Waals surface area contributed by atoms with Gasteiger partial charge in [-0.15, -0.1) is 34.8 Å². The van der Waals surface area contributed by atoms with E-state index in [4.69, 9.17) is 19.1 Å². The van der Waals surface area contributed by atoms with Crippen molar-refractivity contribution in [2.75, 3.05) is 0 Å². The molecule has 0 bridgehead atoms. The van der Waals surface area contributed by atoms with E-state index >= 15 is 0 Å². The van der Waals surface area contributed by atoms with Gasteiger partial charge in [0.1, 0.15) is 11.6 Å². The molecule has 49 heavy (non-hydrogen) atoms. The summed E-state index contributed by atoms with van der Waals surface area (Å²) in [4.78, 5) is 15.1. The van der Waals surface area contributed by atoms with Crippen LogP contribution < -0.4 is 4.98 Å². The number of hydrogen-bond donors (Lipinski definition) is 0. The first-order valence-electron chi connectivity index (χ1n) is 17.4. The summed E-state index contributed by atoms with van der Waals surface area (Å²) in [5.41, 5.74) is 8.88. The monoisotopic (exact) mass is 811 g/mol. The molecular formula is C43H27N5Pt. The van der Waals surface area contributed by atoms with Crippen LogP contribution in [0.5, 0.6) is 0 Å². The number of rotatable bonds is 4. The Labute approximate surface area is 301 Å². The zero-order valence-corrected chi connectivity index (χ0v) is 28.2. The normalized spacial score (nSPS) is 12.8. The van der Waals surface area contributed by atoms with Gasteiger partial charge in [0.2, 0.25) is 0 Å². The third-order valence-corrected chi connectivity index (χ3v) is 9.28. The number of para-hydroxylation sites is 4. The van der Waals surface area contributed by atoms with E-state index in [1.165, 1.54) is 0 Å². The van der Waals surface area contributed by atoms with Gasteiger partial charge in [-0.3, -0.25) is 4.57 Å². The summed E-state index contributed by atoms with van der Waals surface area (Å²) in [5, 5.41) is 3.67. The second kappa shape index (κ2) is 11.4. The fourth-order valence-corrected chi connectivity index (χ4v) is 7.17. The molecule has 4 aromatic heterocycles. The molecule has 0 aliphatic carbocycles. The summed E-state index contributed by atoms with van der Waals surface area (Å²) in [5.74, 6) is 1.50. The molecule has 0 radical (unpaired) electrons. The fourth-order valence-electron chi connectivity index (χ4n) is 7.17. The van der Waals surface area contributed by atoms with Crippen LogP contribution >= 0.6 is 0 Å². The quantitative estimate of drug-likeness (QED) is 0.166. The second-order valence-electron chi connectivity index (χ2n) is 12.0. The molecular weight excluding hydrogens is 782 g/mol. The van der Waals surface area contributed by atoms with Crippen LogP contribution in [-0.4, -0.2) is 19.1 Å². The van der Waals surface area contributed by atoms with Crippen LogP contribution in [0.3, 0.4) is 0 Å². The van der Waals surface area contributed by atoms with Crippen LogP contribution in [-0.2, 0) is 21.1 Å². The van der Waals surface area contributed by atoms with Crippen molar-refractivity contribution >= 4 is 54.6 Å². The fraction of sp³-hybridized carbons (Fsp3) is 0.0233. The van der Waals surface area contributed by atoms with Crippen molar-refractivity contribution in [1.82, 2.24) is 24.1 Å². The summed E-state index contributed by atoms with van der Waals surface area (Å²) in [6.07, 6.45) is 1.81. The Hall–Kier alpha value is -5.77. The topological polar surface area (TPSA) is 49.7 Å². The molecule has 6 aromatic carbocycles. The van der Waals surface area contributed by atoms with E-state index in [0.717, 1.165) is 71.9 Å². The first-order chi connectivity index (χ1) is 25.0. The molecule has 0 atom stereocenters. The molecule has 4 heterocycles. The first kappa shape index (κ1) is 26.2. The Bertz CT molecular complexity index is 2960. The molecule has 0 aliphatic rings. The summed E-state index contributed by atoms with van der Waals surface area (Å²) in [6, 6.07) is 50.0. The summed E-state index contributed by atoms with van der Waals surface area (Å²) < 4.78 is 29.4. The van der Waals surface area contributed by atoms with Crippen LogP contribution in [0.4, 0.5) is 0 Å². The number of nitrogens with zero attached hydrogens (tertiary/aromatic N) is 5. The largest absolute Gasteiger partial charge is 2.00 e. The third-order valence-electron chi connectivity index (χ3n) is 9.28. The Morgan fingerprint density at radius 1 is 0.653 bits per heavy atom. The van der Waals surface area contributed by atoms with Crippen molar-refractivity contribution in [1.29, 1.82) is 0 Å².